The third-order valence-corrected chi connectivity index (χ3v) is 6.25. The molecule has 0 radical (unpaired) electrons. The molecule has 3 aromatic rings. The summed E-state index contributed by atoms with van der Waals surface area (Å²) in [5, 5.41) is 2.60. The van der Waals surface area contributed by atoms with E-state index in [0.29, 0.717) is 12.5 Å². The zero-order valence-corrected chi connectivity index (χ0v) is 25.1. The van der Waals surface area contributed by atoms with Crippen LogP contribution in [0.1, 0.15) is 75.3 Å². The molecule has 0 spiro atoms. The van der Waals surface area contributed by atoms with Gasteiger partial charge in [0.1, 0.15) is 12.2 Å². The highest BCUT2D eigenvalue weighted by molar-refractivity contribution is 5.89. The van der Waals surface area contributed by atoms with E-state index >= 15 is 0 Å². The summed E-state index contributed by atoms with van der Waals surface area (Å²) in [4.78, 5) is 30.2. The van der Waals surface area contributed by atoms with Crippen LogP contribution in [-0.4, -0.2) is 42.5 Å². The van der Waals surface area contributed by atoms with Crippen LogP contribution in [0.2, 0.25) is 0 Å². The van der Waals surface area contributed by atoms with Gasteiger partial charge in [-0.05, 0) is 77.6 Å². The number of hydrogen-bond donors (Lipinski definition) is 1. The molecule has 0 bridgehead atoms. The molecular formula is C31H35F3N2O8. The minimum atomic E-state index is -3.07. The number of amides is 1. The van der Waals surface area contributed by atoms with E-state index in [4.69, 9.17) is 23.4 Å². The average molecular weight is 621 g/mol. The lowest BCUT2D eigenvalue weighted by atomic mass is 10.2. The maximum absolute atomic E-state index is 14.3. The van der Waals surface area contributed by atoms with Gasteiger partial charge in [0.05, 0.1) is 19.3 Å². The second-order valence-electron chi connectivity index (χ2n) is 11.1. The first-order chi connectivity index (χ1) is 20.8. The molecule has 1 aliphatic rings. The van der Waals surface area contributed by atoms with E-state index < -0.39 is 36.1 Å². The summed E-state index contributed by atoms with van der Waals surface area (Å²) < 4.78 is 72.8. The second-order valence-corrected chi connectivity index (χ2v) is 11.1. The largest absolute Gasteiger partial charge is 0.490 e. The highest BCUT2D eigenvalue weighted by Gasteiger charge is 2.30. The summed E-state index contributed by atoms with van der Waals surface area (Å²) in [6, 6.07) is 7.43. The lowest BCUT2D eigenvalue weighted by Gasteiger charge is -2.21. The molecule has 1 aliphatic carbocycles. The van der Waals surface area contributed by atoms with Crippen molar-refractivity contribution in [1.29, 1.82) is 0 Å². The Kier molecular flexibility index (Phi) is 10.3. The van der Waals surface area contributed by atoms with Gasteiger partial charge in [-0.3, -0.25) is 0 Å². The summed E-state index contributed by atoms with van der Waals surface area (Å²) >= 11 is 0. The Hall–Kier alpha value is -4.42. The number of nitrogens with zero attached hydrogens (tertiary/aromatic N) is 1. The van der Waals surface area contributed by atoms with Gasteiger partial charge in [-0.2, -0.15) is 8.78 Å². The first-order valence-corrected chi connectivity index (χ1v) is 14.1. The number of para-hydroxylation sites is 1. The van der Waals surface area contributed by atoms with Crippen molar-refractivity contribution in [1.82, 2.24) is 10.3 Å². The smallest absolute Gasteiger partial charge is 0.408 e. The Labute approximate surface area is 252 Å². The van der Waals surface area contributed by atoms with Crippen LogP contribution in [0, 0.1) is 11.7 Å². The van der Waals surface area contributed by atoms with E-state index in [0.717, 1.165) is 12.8 Å². The average Bonchev–Trinajstić information content (AvgIpc) is 3.66. The van der Waals surface area contributed by atoms with Gasteiger partial charge < -0.3 is 33.4 Å². The summed E-state index contributed by atoms with van der Waals surface area (Å²) in [6.45, 7) is 5.42. The number of hydrogen-bond acceptors (Lipinski definition) is 9. The maximum atomic E-state index is 14.3. The van der Waals surface area contributed by atoms with Crippen LogP contribution in [0.25, 0.3) is 11.5 Å². The lowest BCUT2D eigenvalue weighted by Crippen LogP contribution is -2.34. The van der Waals surface area contributed by atoms with Crippen LogP contribution in [0.5, 0.6) is 17.2 Å². The predicted molar refractivity (Wildman–Crippen MR) is 151 cm³/mol. The SMILES string of the molecule is CCOc1c(F)cccc1COC(=O)c1nc(-c2ccc(OC(F)F)c(OCC3CC3)c2)oc1[C@H](C)NC(=O)OC(C)(C)C. The molecule has 13 heteroatoms. The number of esters is 1. The van der Waals surface area contributed by atoms with Gasteiger partial charge in [0, 0.05) is 11.1 Å². The Bertz CT molecular complexity index is 1470. The highest BCUT2D eigenvalue weighted by Crippen LogP contribution is 2.37. The Morgan fingerprint density at radius 1 is 1.11 bits per heavy atom. The van der Waals surface area contributed by atoms with Crippen LogP contribution in [0.15, 0.2) is 40.8 Å². The van der Waals surface area contributed by atoms with Gasteiger partial charge in [0.25, 0.3) is 0 Å². The molecule has 0 unspecified atom stereocenters. The number of oxazole rings is 1. The van der Waals surface area contributed by atoms with Crippen LogP contribution in [-0.2, 0) is 16.1 Å². The van der Waals surface area contributed by atoms with E-state index in [1.165, 1.54) is 30.3 Å². The number of alkyl carbamates (subject to hydrolysis) is 1. The zero-order valence-electron chi connectivity index (χ0n) is 25.1. The van der Waals surface area contributed by atoms with Gasteiger partial charge in [-0.25, -0.2) is 19.0 Å². The number of aromatic nitrogens is 1. The molecule has 1 saturated carbocycles. The van der Waals surface area contributed by atoms with E-state index in [1.807, 2.05) is 0 Å². The van der Waals surface area contributed by atoms with Gasteiger partial charge in [0.15, 0.2) is 34.5 Å². The molecule has 44 heavy (non-hydrogen) atoms. The molecule has 4 rings (SSSR count). The van der Waals surface area contributed by atoms with Crippen molar-refractivity contribution in [2.45, 2.75) is 72.3 Å². The molecule has 1 N–H and O–H groups in total. The molecule has 1 aromatic heterocycles. The summed E-state index contributed by atoms with van der Waals surface area (Å²) in [5.41, 5.74) is -0.491. The predicted octanol–water partition coefficient (Wildman–Crippen LogP) is 7.21. The van der Waals surface area contributed by atoms with Crippen molar-refractivity contribution in [2.75, 3.05) is 13.2 Å². The first kappa shape index (κ1) is 32.5. The third-order valence-electron chi connectivity index (χ3n) is 6.25. The van der Waals surface area contributed by atoms with Crippen molar-refractivity contribution in [3.05, 3.63) is 59.2 Å². The molecule has 0 saturated heterocycles. The van der Waals surface area contributed by atoms with Gasteiger partial charge in [0.2, 0.25) is 5.89 Å². The molecular weight excluding hydrogens is 585 g/mol. The monoisotopic (exact) mass is 620 g/mol. The Morgan fingerprint density at radius 3 is 2.52 bits per heavy atom. The van der Waals surface area contributed by atoms with Gasteiger partial charge in [-0.15, -0.1) is 0 Å². The number of carbonyl (C=O) groups is 2. The number of benzene rings is 2. The number of carbonyl (C=O) groups excluding carboxylic acids is 2. The molecule has 1 fully saturated rings. The van der Waals surface area contributed by atoms with Crippen LogP contribution < -0.4 is 19.5 Å². The Balaban J connectivity index is 1.65. The minimum absolute atomic E-state index is 0.0475. The molecule has 1 atom stereocenters. The fourth-order valence-corrected chi connectivity index (χ4v) is 4.07. The van der Waals surface area contributed by atoms with Gasteiger partial charge in [-0.1, -0.05) is 12.1 Å². The highest BCUT2D eigenvalue weighted by atomic mass is 19.3. The normalized spacial score (nSPS) is 13.8. The number of rotatable bonds is 13. The second kappa shape index (κ2) is 13.9. The van der Waals surface area contributed by atoms with Crippen molar-refractivity contribution in [3.8, 4) is 28.7 Å². The topological polar surface area (TPSA) is 118 Å². The first-order valence-electron chi connectivity index (χ1n) is 14.1. The maximum Gasteiger partial charge on any atom is 0.408 e. The minimum Gasteiger partial charge on any atom is -0.490 e. The van der Waals surface area contributed by atoms with Crippen molar-refractivity contribution in [3.63, 3.8) is 0 Å². The van der Waals surface area contributed by atoms with E-state index in [-0.39, 0.29) is 58.9 Å². The molecule has 2 aromatic carbocycles. The lowest BCUT2D eigenvalue weighted by molar-refractivity contribution is -0.0515. The van der Waals surface area contributed by atoms with Gasteiger partial charge >= 0.3 is 18.7 Å². The van der Waals surface area contributed by atoms with Crippen LogP contribution in [0.3, 0.4) is 0 Å². The van der Waals surface area contributed by atoms with E-state index in [2.05, 4.69) is 15.0 Å². The summed E-state index contributed by atoms with van der Waals surface area (Å²) in [5.74, 6) is -1.52. The quantitative estimate of drug-likeness (QED) is 0.198. The Morgan fingerprint density at radius 2 is 1.86 bits per heavy atom. The molecule has 0 aliphatic heterocycles. The van der Waals surface area contributed by atoms with E-state index in [9.17, 15) is 22.8 Å². The fraction of sp³-hybridized carbons (Fsp3) is 0.452. The van der Waals surface area contributed by atoms with Crippen molar-refractivity contribution < 1.29 is 50.9 Å². The molecule has 1 heterocycles. The summed E-state index contributed by atoms with van der Waals surface area (Å²) in [7, 11) is 0. The van der Waals surface area contributed by atoms with Crippen LogP contribution in [0.4, 0.5) is 18.0 Å². The summed E-state index contributed by atoms with van der Waals surface area (Å²) in [6.07, 6.45) is 1.18. The van der Waals surface area contributed by atoms with Crippen molar-refractivity contribution >= 4 is 12.1 Å². The molecule has 1 amide bonds. The third kappa shape index (κ3) is 8.80. The fourth-order valence-electron chi connectivity index (χ4n) is 4.07. The number of alkyl halides is 2. The number of halogens is 3. The standard InChI is InChI=1S/C31H35F3N2O8/c1-6-39-26-20(8-7-9-21(26)32)16-41-28(37)24-25(17(2)35-30(38)44-31(3,4)5)43-27(36-24)19-12-13-22(42-29(33)34)23(14-19)40-15-18-10-11-18/h7-9,12-14,17-18,29H,6,10-11,15-16H2,1-5H3,(H,35,38)/t17-/m0/s1. The number of nitrogens with one attached hydrogen (secondary N) is 1. The number of ether oxygens (including phenoxy) is 5. The van der Waals surface area contributed by atoms with E-state index in [1.54, 1.807) is 40.7 Å². The van der Waals surface area contributed by atoms with Crippen molar-refractivity contribution in [2.24, 2.45) is 5.92 Å². The zero-order chi connectivity index (χ0) is 32.0. The molecule has 238 valence electrons. The molecule has 10 nitrogen and oxygen atoms in total. The van der Waals surface area contributed by atoms with Crippen LogP contribution >= 0.6 is 0 Å².